The Morgan fingerprint density at radius 1 is 1.25 bits per heavy atom. The number of rotatable bonds is 3. The number of nitrogens with one attached hydrogen (secondary N) is 1. The van der Waals surface area contributed by atoms with Gasteiger partial charge in [-0.2, -0.15) is 0 Å². The molecule has 2 heterocycles. The van der Waals surface area contributed by atoms with Gasteiger partial charge in [0.15, 0.2) is 0 Å². The standard InChI is InChI=1S/C11H19N3O2/c1-2-13-7-11(16)14(8-10(13)15)6-9-4-3-5-12-9/h9,12H,2-8H2,1H3/t9-/m0/s1. The van der Waals surface area contributed by atoms with Gasteiger partial charge in [0.25, 0.3) is 0 Å². The molecule has 2 saturated heterocycles. The zero-order valence-corrected chi connectivity index (χ0v) is 9.74. The van der Waals surface area contributed by atoms with Crippen LogP contribution < -0.4 is 5.32 Å². The molecule has 5 nitrogen and oxygen atoms in total. The Labute approximate surface area is 95.8 Å². The van der Waals surface area contributed by atoms with Crippen molar-refractivity contribution in [1.82, 2.24) is 15.1 Å². The first-order valence-electron chi connectivity index (χ1n) is 5.99. The first-order valence-corrected chi connectivity index (χ1v) is 5.99. The number of hydrogen-bond acceptors (Lipinski definition) is 3. The quantitative estimate of drug-likeness (QED) is 0.700. The lowest BCUT2D eigenvalue weighted by molar-refractivity contribution is -0.150. The minimum Gasteiger partial charge on any atom is -0.332 e. The van der Waals surface area contributed by atoms with Crippen LogP contribution in [0, 0.1) is 0 Å². The highest BCUT2D eigenvalue weighted by Gasteiger charge is 2.30. The highest BCUT2D eigenvalue weighted by atomic mass is 16.2. The third-order valence-corrected chi connectivity index (χ3v) is 3.34. The van der Waals surface area contributed by atoms with E-state index in [-0.39, 0.29) is 24.9 Å². The first-order chi connectivity index (χ1) is 7.70. The molecule has 2 amide bonds. The number of nitrogens with zero attached hydrogens (tertiary/aromatic N) is 2. The summed E-state index contributed by atoms with van der Waals surface area (Å²) < 4.78 is 0. The van der Waals surface area contributed by atoms with Gasteiger partial charge in [-0.05, 0) is 26.3 Å². The molecule has 0 spiro atoms. The van der Waals surface area contributed by atoms with Crippen molar-refractivity contribution in [3.8, 4) is 0 Å². The van der Waals surface area contributed by atoms with Crippen molar-refractivity contribution in [2.45, 2.75) is 25.8 Å². The monoisotopic (exact) mass is 225 g/mol. The zero-order chi connectivity index (χ0) is 11.5. The van der Waals surface area contributed by atoms with Gasteiger partial charge < -0.3 is 15.1 Å². The van der Waals surface area contributed by atoms with Crippen LogP contribution in [0.2, 0.25) is 0 Å². The van der Waals surface area contributed by atoms with Crippen LogP contribution in [-0.4, -0.2) is 60.4 Å². The maximum Gasteiger partial charge on any atom is 0.242 e. The van der Waals surface area contributed by atoms with Gasteiger partial charge in [-0.15, -0.1) is 0 Å². The molecule has 0 aromatic heterocycles. The van der Waals surface area contributed by atoms with Gasteiger partial charge in [0.05, 0.1) is 13.1 Å². The minimum atomic E-state index is 0.0695. The van der Waals surface area contributed by atoms with Crippen molar-refractivity contribution in [1.29, 1.82) is 0 Å². The van der Waals surface area contributed by atoms with Crippen LogP contribution in [0.3, 0.4) is 0 Å². The summed E-state index contributed by atoms with van der Waals surface area (Å²) in [7, 11) is 0. The summed E-state index contributed by atoms with van der Waals surface area (Å²) in [4.78, 5) is 26.8. The zero-order valence-electron chi connectivity index (χ0n) is 9.74. The van der Waals surface area contributed by atoms with Crippen molar-refractivity contribution >= 4 is 11.8 Å². The van der Waals surface area contributed by atoms with Crippen LogP contribution in [0.15, 0.2) is 0 Å². The molecule has 2 rings (SSSR count). The van der Waals surface area contributed by atoms with Crippen molar-refractivity contribution in [3.63, 3.8) is 0 Å². The Hall–Kier alpha value is -1.10. The maximum absolute atomic E-state index is 11.8. The fourth-order valence-corrected chi connectivity index (χ4v) is 2.34. The Balaban J connectivity index is 1.90. The van der Waals surface area contributed by atoms with Gasteiger partial charge in [-0.3, -0.25) is 9.59 Å². The molecule has 2 fully saturated rings. The minimum absolute atomic E-state index is 0.0695. The highest BCUT2D eigenvalue weighted by molar-refractivity contribution is 5.92. The summed E-state index contributed by atoms with van der Waals surface area (Å²) in [6.45, 7) is 4.75. The van der Waals surface area contributed by atoms with E-state index in [1.54, 1.807) is 9.80 Å². The molecule has 0 aliphatic carbocycles. The third-order valence-electron chi connectivity index (χ3n) is 3.34. The lowest BCUT2D eigenvalue weighted by atomic mass is 10.2. The van der Waals surface area contributed by atoms with E-state index >= 15 is 0 Å². The van der Waals surface area contributed by atoms with E-state index in [0.29, 0.717) is 19.1 Å². The lowest BCUT2D eigenvalue weighted by Gasteiger charge is -2.34. The normalized spacial score (nSPS) is 26.7. The summed E-state index contributed by atoms with van der Waals surface area (Å²) in [5.74, 6) is 0.148. The maximum atomic E-state index is 11.8. The Morgan fingerprint density at radius 2 is 1.94 bits per heavy atom. The predicted molar refractivity (Wildman–Crippen MR) is 59.9 cm³/mol. The average molecular weight is 225 g/mol. The summed E-state index contributed by atoms with van der Waals surface area (Å²) in [6, 6.07) is 0.380. The first kappa shape index (κ1) is 11.4. The smallest absolute Gasteiger partial charge is 0.242 e. The molecule has 5 heteroatoms. The van der Waals surface area contributed by atoms with Gasteiger partial charge in [0.2, 0.25) is 11.8 Å². The van der Waals surface area contributed by atoms with Crippen LogP contribution in [0.1, 0.15) is 19.8 Å². The number of piperazine rings is 1. The van der Waals surface area contributed by atoms with Crippen molar-refractivity contribution in [2.24, 2.45) is 0 Å². The second-order valence-corrected chi connectivity index (χ2v) is 4.48. The van der Waals surface area contributed by atoms with Crippen LogP contribution in [0.25, 0.3) is 0 Å². The summed E-state index contributed by atoms with van der Waals surface area (Å²) in [5, 5.41) is 3.35. The van der Waals surface area contributed by atoms with Crippen molar-refractivity contribution in [3.05, 3.63) is 0 Å². The Bertz CT molecular complexity index is 287. The molecule has 1 atom stereocenters. The number of carbonyl (C=O) groups is 2. The largest absolute Gasteiger partial charge is 0.332 e. The highest BCUT2D eigenvalue weighted by Crippen LogP contribution is 2.10. The van der Waals surface area contributed by atoms with E-state index in [2.05, 4.69) is 5.32 Å². The van der Waals surface area contributed by atoms with E-state index in [1.807, 2.05) is 6.92 Å². The molecule has 2 aliphatic rings. The Kier molecular flexibility index (Phi) is 3.43. The molecule has 0 unspecified atom stereocenters. The number of hydrogen-bond donors (Lipinski definition) is 1. The SMILES string of the molecule is CCN1CC(=O)N(C[C@@H]2CCCN2)CC1=O. The molecule has 0 saturated carbocycles. The van der Waals surface area contributed by atoms with Crippen LogP contribution in [-0.2, 0) is 9.59 Å². The average Bonchev–Trinajstić information content (AvgIpc) is 2.75. The van der Waals surface area contributed by atoms with Gasteiger partial charge in [-0.1, -0.05) is 0 Å². The van der Waals surface area contributed by atoms with E-state index in [0.717, 1.165) is 13.0 Å². The van der Waals surface area contributed by atoms with Crippen LogP contribution >= 0.6 is 0 Å². The fraction of sp³-hybridized carbons (Fsp3) is 0.818. The number of carbonyl (C=O) groups excluding carboxylic acids is 2. The third kappa shape index (κ3) is 2.35. The van der Waals surface area contributed by atoms with Gasteiger partial charge in [0, 0.05) is 19.1 Å². The molecule has 0 aromatic carbocycles. The molecule has 0 radical (unpaired) electrons. The molecule has 90 valence electrons. The van der Waals surface area contributed by atoms with Crippen LogP contribution in [0.4, 0.5) is 0 Å². The Morgan fingerprint density at radius 3 is 2.56 bits per heavy atom. The molecular weight excluding hydrogens is 206 g/mol. The predicted octanol–water partition coefficient (Wildman–Crippen LogP) is -0.571. The second-order valence-electron chi connectivity index (χ2n) is 4.48. The topological polar surface area (TPSA) is 52.7 Å². The molecule has 1 N–H and O–H groups in total. The van der Waals surface area contributed by atoms with E-state index in [4.69, 9.17) is 0 Å². The summed E-state index contributed by atoms with van der Waals surface area (Å²) in [6.07, 6.45) is 2.27. The second kappa shape index (κ2) is 4.82. The van der Waals surface area contributed by atoms with Crippen molar-refractivity contribution in [2.75, 3.05) is 32.7 Å². The summed E-state index contributed by atoms with van der Waals surface area (Å²) in [5.41, 5.74) is 0. The summed E-state index contributed by atoms with van der Waals surface area (Å²) >= 11 is 0. The molecular formula is C11H19N3O2. The van der Waals surface area contributed by atoms with Gasteiger partial charge in [0.1, 0.15) is 0 Å². The fourth-order valence-electron chi connectivity index (χ4n) is 2.34. The van der Waals surface area contributed by atoms with E-state index in [9.17, 15) is 9.59 Å². The molecule has 0 bridgehead atoms. The van der Waals surface area contributed by atoms with Crippen molar-refractivity contribution < 1.29 is 9.59 Å². The molecule has 0 aromatic rings. The molecule has 16 heavy (non-hydrogen) atoms. The van der Waals surface area contributed by atoms with E-state index in [1.165, 1.54) is 6.42 Å². The van der Waals surface area contributed by atoms with Gasteiger partial charge >= 0.3 is 0 Å². The molecule has 2 aliphatic heterocycles. The lowest BCUT2D eigenvalue weighted by Crippen LogP contribution is -2.55. The number of likely N-dealkylation sites (N-methyl/N-ethyl adjacent to an activating group) is 1. The number of amides is 2. The van der Waals surface area contributed by atoms with Crippen LogP contribution in [0.5, 0.6) is 0 Å². The van der Waals surface area contributed by atoms with E-state index < -0.39 is 0 Å². The van der Waals surface area contributed by atoms with Gasteiger partial charge in [-0.25, -0.2) is 0 Å².